The molecule has 0 unspecified atom stereocenters. The summed E-state index contributed by atoms with van der Waals surface area (Å²) in [5.41, 5.74) is 0.385. The fourth-order valence-electron chi connectivity index (χ4n) is 1.67. The van der Waals surface area contributed by atoms with Gasteiger partial charge in [-0.25, -0.2) is 12.8 Å². The van der Waals surface area contributed by atoms with E-state index in [-0.39, 0.29) is 6.42 Å². The van der Waals surface area contributed by atoms with E-state index >= 15 is 0 Å². The number of rotatable bonds is 3. The largest absolute Gasteiger partial charge is 0.238 e. The first-order valence-electron chi connectivity index (χ1n) is 4.72. The van der Waals surface area contributed by atoms with Gasteiger partial charge in [0.15, 0.2) is 0 Å². The molecule has 0 amide bonds. The summed E-state index contributed by atoms with van der Waals surface area (Å²) < 4.78 is 35.9. The van der Waals surface area contributed by atoms with Crippen LogP contribution in [-0.2, 0) is 15.5 Å². The second-order valence-corrected chi connectivity index (χ2v) is 7.91. The molecule has 0 radical (unpaired) electrons. The van der Waals surface area contributed by atoms with Crippen LogP contribution in [0.1, 0.15) is 18.4 Å². The van der Waals surface area contributed by atoms with Crippen LogP contribution in [0.3, 0.4) is 0 Å². The van der Waals surface area contributed by atoms with E-state index in [4.69, 9.17) is 10.7 Å². The molecule has 0 bridgehead atoms. The van der Waals surface area contributed by atoms with Crippen molar-refractivity contribution in [2.75, 3.05) is 0 Å². The number of benzene rings is 1. The minimum atomic E-state index is -3.63. The van der Waals surface area contributed by atoms with Crippen LogP contribution in [0.5, 0.6) is 0 Å². The van der Waals surface area contributed by atoms with Crippen molar-refractivity contribution in [2.45, 2.75) is 24.0 Å². The second-order valence-electron chi connectivity index (χ2n) is 4.03. The van der Waals surface area contributed by atoms with Gasteiger partial charge in [-0.15, -0.1) is 0 Å². The highest BCUT2D eigenvalue weighted by Crippen LogP contribution is 2.48. The minimum Gasteiger partial charge on any atom is -0.212 e. The standard InChI is InChI=1S/C10H9BrClFO2S/c11-8-1-2-9(13)7(5-8)6-10(3-4-10)16(12,14)15/h1-2,5H,3-4,6H2. The molecular formula is C10H9BrClFO2S. The molecule has 1 aromatic carbocycles. The van der Waals surface area contributed by atoms with Gasteiger partial charge in [-0.2, -0.15) is 0 Å². The molecule has 1 fully saturated rings. The molecule has 1 aliphatic carbocycles. The van der Waals surface area contributed by atoms with Crippen molar-refractivity contribution in [1.29, 1.82) is 0 Å². The van der Waals surface area contributed by atoms with Crippen LogP contribution in [-0.4, -0.2) is 13.2 Å². The molecule has 16 heavy (non-hydrogen) atoms. The first kappa shape index (κ1) is 12.3. The van der Waals surface area contributed by atoms with E-state index in [0.717, 1.165) is 4.47 Å². The van der Waals surface area contributed by atoms with Gasteiger partial charge in [0, 0.05) is 15.2 Å². The van der Waals surface area contributed by atoms with Gasteiger partial charge in [0.05, 0.1) is 4.75 Å². The maximum atomic E-state index is 13.5. The Balaban J connectivity index is 2.32. The highest BCUT2D eigenvalue weighted by molar-refractivity contribution is 9.10. The molecule has 2 rings (SSSR count). The average molecular weight is 328 g/mol. The molecule has 0 N–H and O–H groups in total. The van der Waals surface area contributed by atoms with Crippen LogP contribution in [0.15, 0.2) is 22.7 Å². The van der Waals surface area contributed by atoms with Crippen LogP contribution >= 0.6 is 26.6 Å². The summed E-state index contributed by atoms with van der Waals surface area (Å²) in [7, 11) is 1.74. The van der Waals surface area contributed by atoms with Crippen molar-refractivity contribution < 1.29 is 12.8 Å². The van der Waals surface area contributed by atoms with E-state index in [1.165, 1.54) is 6.07 Å². The Bertz CT molecular complexity index is 526. The molecule has 1 aliphatic rings. The van der Waals surface area contributed by atoms with Gasteiger partial charge in [-0.1, -0.05) is 15.9 Å². The summed E-state index contributed by atoms with van der Waals surface area (Å²) in [5.74, 6) is -0.394. The first-order valence-corrected chi connectivity index (χ1v) is 7.82. The Labute approximate surface area is 106 Å². The molecule has 6 heteroatoms. The summed E-state index contributed by atoms with van der Waals surface area (Å²) in [6, 6.07) is 4.49. The van der Waals surface area contributed by atoms with E-state index in [2.05, 4.69) is 15.9 Å². The van der Waals surface area contributed by atoms with Gasteiger partial charge < -0.3 is 0 Å². The van der Waals surface area contributed by atoms with Crippen molar-refractivity contribution in [3.05, 3.63) is 34.1 Å². The molecular weight excluding hydrogens is 319 g/mol. The molecule has 2 nitrogen and oxygen atoms in total. The topological polar surface area (TPSA) is 34.1 Å². The maximum absolute atomic E-state index is 13.5. The van der Waals surface area contributed by atoms with Crippen LogP contribution in [0, 0.1) is 5.82 Å². The number of hydrogen-bond donors (Lipinski definition) is 0. The molecule has 1 aromatic rings. The zero-order valence-corrected chi connectivity index (χ0v) is 11.4. The smallest absolute Gasteiger partial charge is 0.212 e. The summed E-state index contributed by atoms with van der Waals surface area (Å²) in [6.45, 7) is 0. The Morgan fingerprint density at radius 1 is 1.44 bits per heavy atom. The lowest BCUT2D eigenvalue weighted by molar-refractivity contribution is 0.579. The van der Waals surface area contributed by atoms with Crippen molar-refractivity contribution in [3.63, 3.8) is 0 Å². The van der Waals surface area contributed by atoms with Crippen LogP contribution < -0.4 is 0 Å². The second kappa shape index (κ2) is 3.96. The molecule has 0 atom stereocenters. The fraction of sp³-hybridized carbons (Fsp3) is 0.400. The first-order chi connectivity index (χ1) is 7.34. The van der Waals surface area contributed by atoms with Crippen molar-refractivity contribution >= 4 is 35.7 Å². The van der Waals surface area contributed by atoms with E-state index in [1.54, 1.807) is 12.1 Å². The monoisotopic (exact) mass is 326 g/mol. The zero-order chi connectivity index (χ0) is 12.0. The summed E-state index contributed by atoms with van der Waals surface area (Å²) in [5, 5.41) is 0. The van der Waals surface area contributed by atoms with Crippen LogP contribution in [0.25, 0.3) is 0 Å². The molecule has 88 valence electrons. The Morgan fingerprint density at radius 3 is 2.56 bits per heavy atom. The summed E-state index contributed by atoms with van der Waals surface area (Å²) >= 11 is 3.23. The van der Waals surface area contributed by atoms with Crippen molar-refractivity contribution in [3.8, 4) is 0 Å². The summed E-state index contributed by atoms with van der Waals surface area (Å²) in [6.07, 6.45) is 1.15. The fourth-order valence-corrected chi connectivity index (χ4v) is 3.62. The summed E-state index contributed by atoms with van der Waals surface area (Å²) in [4.78, 5) is 0. The van der Waals surface area contributed by atoms with Gasteiger partial charge in [-0.3, -0.25) is 0 Å². The Hall–Kier alpha value is -0.130. The number of halogens is 3. The van der Waals surface area contributed by atoms with Crippen molar-refractivity contribution in [1.82, 2.24) is 0 Å². The number of hydrogen-bond acceptors (Lipinski definition) is 2. The SMILES string of the molecule is O=S(=O)(Cl)C1(Cc2cc(Br)ccc2F)CC1. The Kier molecular flexibility index (Phi) is 3.05. The zero-order valence-electron chi connectivity index (χ0n) is 8.21. The van der Waals surface area contributed by atoms with Crippen molar-refractivity contribution in [2.24, 2.45) is 0 Å². The average Bonchev–Trinajstić information content (AvgIpc) is 2.91. The van der Waals surface area contributed by atoms with Crippen LogP contribution in [0.2, 0.25) is 0 Å². The highest BCUT2D eigenvalue weighted by Gasteiger charge is 2.53. The lowest BCUT2D eigenvalue weighted by Gasteiger charge is -2.12. The quantitative estimate of drug-likeness (QED) is 0.799. The molecule has 0 aliphatic heterocycles. The molecule has 0 spiro atoms. The Morgan fingerprint density at radius 2 is 2.06 bits per heavy atom. The molecule has 0 saturated heterocycles. The van der Waals surface area contributed by atoms with E-state index in [1.807, 2.05) is 0 Å². The third-order valence-electron chi connectivity index (χ3n) is 2.85. The third kappa shape index (κ3) is 2.26. The molecule has 0 aromatic heterocycles. The van der Waals surface area contributed by atoms with E-state index in [9.17, 15) is 12.8 Å². The van der Waals surface area contributed by atoms with Crippen LogP contribution in [0.4, 0.5) is 4.39 Å². The van der Waals surface area contributed by atoms with E-state index < -0.39 is 19.6 Å². The van der Waals surface area contributed by atoms with Gasteiger partial charge in [0.25, 0.3) is 0 Å². The third-order valence-corrected chi connectivity index (χ3v) is 5.91. The normalized spacial score (nSPS) is 18.4. The maximum Gasteiger partial charge on any atom is 0.238 e. The van der Waals surface area contributed by atoms with E-state index in [0.29, 0.717) is 18.4 Å². The lowest BCUT2D eigenvalue weighted by atomic mass is 10.1. The van der Waals surface area contributed by atoms with Gasteiger partial charge in [0.1, 0.15) is 5.82 Å². The highest BCUT2D eigenvalue weighted by atomic mass is 79.9. The van der Waals surface area contributed by atoms with Gasteiger partial charge >= 0.3 is 0 Å². The predicted octanol–water partition coefficient (Wildman–Crippen LogP) is 3.23. The molecule has 0 heterocycles. The lowest BCUT2D eigenvalue weighted by Crippen LogP contribution is -2.21. The van der Waals surface area contributed by atoms with Gasteiger partial charge in [-0.05, 0) is 43.0 Å². The molecule has 1 saturated carbocycles. The van der Waals surface area contributed by atoms with Gasteiger partial charge in [0.2, 0.25) is 9.05 Å². The minimum absolute atomic E-state index is 0.143. The predicted molar refractivity (Wildman–Crippen MR) is 64.5 cm³/mol.